The highest BCUT2D eigenvalue weighted by molar-refractivity contribution is 7.80. The van der Waals surface area contributed by atoms with Crippen LogP contribution in [0.2, 0.25) is 0 Å². The minimum atomic E-state index is 0.960. The van der Waals surface area contributed by atoms with Gasteiger partial charge < -0.3 is 0 Å². The highest BCUT2D eigenvalue weighted by Gasteiger charge is 2.28. The van der Waals surface area contributed by atoms with E-state index in [1.54, 1.807) is 0 Å². The predicted octanol–water partition coefficient (Wildman–Crippen LogP) is 4.22. The molecule has 52 heavy (non-hydrogen) atoms. The fourth-order valence-corrected chi connectivity index (χ4v) is 9.80. The number of hydrogen-bond donors (Lipinski definition) is 1. The monoisotopic (exact) mass is 678 g/mol. The van der Waals surface area contributed by atoms with Crippen molar-refractivity contribution < 1.29 is 0 Å². The second kappa shape index (κ2) is 12.1. The largest absolute Gasteiger partial charge is 0.142 e. The van der Waals surface area contributed by atoms with Gasteiger partial charge in [0, 0.05) is 10.5 Å². The van der Waals surface area contributed by atoms with Crippen LogP contribution in [0.15, 0.2) is 108 Å². The molecule has 0 fully saturated rings. The molecule has 9 rings (SSSR count). The van der Waals surface area contributed by atoms with Crippen LogP contribution >= 0.6 is 12.6 Å². The number of hydrogen-bond acceptors (Lipinski definition) is 1. The first-order valence-corrected chi connectivity index (χ1v) is 19.0. The lowest BCUT2D eigenvalue weighted by Crippen LogP contribution is -2.46. The zero-order chi connectivity index (χ0) is 36.2. The molecule has 0 radical (unpaired) electrons. The van der Waals surface area contributed by atoms with Gasteiger partial charge in [0.1, 0.15) is 39.2 Å². The highest BCUT2D eigenvalue weighted by atomic mass is 32.1. The average Bonchev–Trinajstić information content (AvgIpc) is 3.53. The Bertz CT molecular complexity index is 2780. The van der Waals surface area contributed by atoms with Crippen molar-refractivity contribution in [2.24, 2.45) is 0 Å². The van der Waals surface area contributed by atoms with E-state index in [9.17, 15) is 0 Å². The van der Waals surface area contributed by atoms with Gasteiger partial charge in [-0.05, 0) is 121 Å². The zero-order valence-electron chi connectivity index (χ0n) is 31.5. The number of rotatable bonds is 3. The van der Waals surface area contributed by atoms with Gasteiger partial charge in [0.25, 0.3) is 0 Å². The summed E-state index contributed by atoms with van der Waals surface area (Å²) in [6.45, 7) is 6.80. The summed E-state index contributed by atoms with van der Waals surface area (Å²) in [5.74, 6) is 0. The lowest BCUT2D eigenvalue weighted by atomic mass is 9.62. The van der Waals surface area contributed by atoms with Gasteiger partial charge in [0.2, 0.25) is 0 Å². The van der Waals surface area contributed by atoms with Crippen LogP contribution in [0.25, 0.3) is 76.8 Å². The summed E-state index contributed by atoms with van der Waals surface area (Å²) in [7, 11) is 11.5. The Morgan fingerprint density at radius 1 is 0.404 bits per heavy atom. The van der Waals surface area contributed by atoms with Crippen LogP contribution in [0.5, 0.6) is 0 Å². The SMILES string of the molecule is Bc1c(B)c(C)c(B)c(-c2c(S)c(C)c(C)c(B)c2-c2c3ccccc3c(-c3cccc4c3-c3cc5ccccc5cc3C4)c3ccccc23)c1B. The fraction of sp³-hybridized carbons (Fsp3) is 0.0870. The Hall–Kier alpha value is -4.79. The normalized spacial score (nSPS) is 12.2. The van der Waals surface area contributed by atoms with E-state index in [1.165, 1.54) is 132 Å². The van der Waals surface area contributed by atoms with Crippen molar-refractivity contribution in [1.29, 1.82) is 0 Å². The molecule has 0 nitrogen and oxygen atoms in total. The molecule has 0 saturated heterocycles. The van der Waals surface area contributed by atoms with Gasteiger partial charge >= 0.3 is 0 Å². The molecule has 0 aromatic heterocycles. The van der Waals surface area contributed by atoms with Crippen LogP contribution in [-0.4, -0.2) is 39.2 Å². The van der Waals surface area contributed by atoms with E-state index in [0.717, 1.165) is 11.3 Å². The van der Waals surface area contributed by atoms with E-state index >= 15 is 0 Å². The molecule has 8 aromatic rings. The zero-order valence-corrected chi connectivity index (χ0v) is 32.4. The highest BCUT2D eigenvalue weighted by Crippen LogP contribution is 2.51. The summed E-state index contributed by atoms with van der Waals surface area (Å²) in [5, 5.41) is 7.73. The maximum absolute atomic E-state index is 5.41. The van der Waals surface area contributed by atoms with E-state index in [1.807, 2.05) is 0 Å². The Labute approximate surface area is 317 Å². The molecule has 6 heteroatoms. The van der Waals surface area contributed by atoms with E-state index in [0.29, 0.717) is 0 Å². The standard InChI is InChI=1S/C46H39B5S/c1-22-23(2)46(52)39(40-42(48)24(3)43(49)45(51)44(40)50)38(41(22)47)37-31-16-8-6-14-29(31)36(30-15-7-9-17-32(30)37)33-18-10-13-27-20-28-19-25-11-4-5-12-26(25)21-34(28)35(27)33/h4-19,21,52H,20,47-51H2,1-3H3. The minimum absolute atomic E-state index is 0.960. The lowest BCUT2D eigenvalue weighted by molar-refractivity contribution is 1.26. The van der Waals surface area contributed by atoms with Crippen molar-refractivity contribution in [2.75, 3.05) is 0 Å². The molecule has 1 aliphatic rings. The van der Waals surface area contributed by atoms with Crippen molar-refractivity contribution in [3.05, 3.63) is 131 Å². The first-order valence-electron chi connectivity index (χ1n) is 18.6. The molecule has 0 saturated carbocycles. The topological polar surface area (TPSA) is 0 Å². The quantitative estimate of drug-likeness (QED) is 0.162. The van der Waals surface area contributed by atoms with Crippen LogP contribution in [-0.2, 0) is 6.42 Å². The smallest absolute Gasteiger partial charge is 0.140 e. The van der Waals surface area contributed by atoms with E-state index in [-0.39, 0.29) is 0 Å². The van der Waals surface area contributed by atoms with Crippen LogP contribution in [0.1, 0.15) is 27.8 Å². The van der Waals surface area contributed by atoms with Crippen molar-refractivity contribution >= 4 is 111 Å². The van der Waals surface area contributed by atoms with E-state index in [2.05, 4.69) is 163 Å². The third kappa shape index (κ3) is 4.63. The molecule has 8 aromatic carbocycles. The number of thiol groups is 1. The average molecular weight is 678 g/mol. The van der Waals surface area contributed by atoms with Crippen LogP contribution in [0.3, 0.4) is 0 Å². The third-order valence-corrected chi connectivity index (χ3v) is 13.4. The van der Waals surface area contributed by atoms with E-state index < -0.39 is 0 Å². The summed E-state index contributed by atoms with van der Waals surface area (Å²) >= 11 is 5.41. The molecule has 0 aliphatic heterocycles. The van der Waals surface area contributed by atoms with Crippen molar-refractivity contribution in [2.45, 2.75) is 32.1 Å². The minimum Gasteiger partial charge on any atom is -0.142 e. The summed E-state index contributed by atoms with van der Waals surface area (Å²) in [6.07, 6.45) is 0.960. The molecule has 0 N–H and O–H groups in total. The molecule has 0 unspecified atom stereocenters. The first kappa shape index (κ1) is 33.1. The van der Waals surface area contributed by atoms with Gasteiger partial charge in [-0.3, -0.25) is 0 Å². The number of benzene rings is 8. The molecular weight excluding hydrogens is 639 g/mol. The van der Waals surface area contributed by atoms with Gasteiger partial charge in [0.15, 0.2) is 0 Å². The van der Waals surface area contributed by atoms with Crippen LogP contribution in [0, 0.1) is 20.8 Å². The first-order chi connectivity index (χ1) is 25.1. The van der Waals surface area contributed by atoms with Gasteiger partial charge in [-0.2, -0.15) is 0 Å². The van der Waals surface area contributed by atoms with Gasteiger partial charge in [0.05, 0.1) is 0 Å². The molecule has 244 valence electrons. The molecule has 1 aliphatic carbocycles. The molecule has 0 amide bonds. The Balaban J connectivity index is 1.44. The predicted molar refractivity (Wildman–Crippen MR) is 246 cm³/mol. The molecule has 0 atom stereocenters. The maximum atomic E-state index is 5.41. The van der Waals surface area contributed by atoms with Crippen LogP contribution in [0.4, 0.5) is 0 Å². The Morgan fingerprint density at radius 2 is 0.962 bits per heavy atom. The lowest BCUT2D eigenvalue weighted by Gasteiger charge is -2.28. The third-order valence-electron chi connectivity index (χ3n) is 12.8. The van der Waals surface area contributed by atoms with Gasteiger partial charge in [-0.25, -0.2) is 0 Å². The van der Waals surface area contributed by atoms with Crippen molar-refractivity contribution in [1.82, 2.24) is 0 Å². The van der Waals surface area contributed by atoms with Gasteiger partial charge in [-0.1, -0.05) is 130 Å². The summed E-state index contributed by atoms with van der Waals surface area (Å²) in [6, 6.07) is 38.8. The van der Waals surface area contributed by atoms with Crippen LogP contribution < -0.4 is 27.3 Å². The summed E-state index contributed by atoms with van der Waals surface area (Å²) in [4.78, 5) is 1.08. The van der Waals surface area contributed by atoms with E-state index in [4.69, 9.17) is 12.6 Å². The molecule has 0 bridgehead atoms. The molecule has 0 spiro atoms. The molecular formula is C46H39B5S. The second-order valence-electron chi connectivity index (χ2n) is 15.2. The Kier molecular flexibility index (Phi) is 7.72. The molecule has 0 heterocycles. The summed E-state index contributed by atoms with van der Waals surface area (Å²) < 4.78 is 0. The van der Waals surface area contributed by atoms with Gasteiger partial charge in [-0.15, -0.1) is 18.1 Å². The Morgan fingerprint density at radius 3 is 1.60 bits per heavy atom. The maximum Gasteiger partial charge on any atom is 0.140 e. The summed E-state index contributed by atoms with van der Waals surface area (Å²) in [5.41, 5.74) is 24.1. The second-order valence-corrected chi connectivity index (χ2v) is 15.6. The number of fused-ring (bicyclic) bond motifs is 6. The van der Waals surface area contributed by atoms with Crippen molar-refractivity contribution in [3.63, 3.8) is 0 Å². The van der Waals surface area contributed by atoms with Crippen molar-refractivity contribution in [3.8, 4) is 44.5 Å². The fourth-order valence-electron chi connectivity index (χ4n) is 9.40.